The molecule has 2 aromatic rings. The maximum atomic E-state index is 12.4. The van der Waals surface area contributed by atoms with Gasteiger partial charge in [0, 0.05) is 23.4 Å². The first-order valence-corrected chi connectivity index (χ1v) is 7.53. The Kier molecular flexibility index (Phi) is 5.00. The number of carbonyl (C=O) groups excluding carboxylic acids is 1. The van der Waals surface area contributed by atoms with E-state index >= 15 is 0 Å². The van der Waals surface area contributed by atoms with Crippen molar-refractivity contribution in [3.05, 3.63) is 61.6 Å². The number of aryl methyl sites for hydroxylation is 2. The van der Waals surface area contributed by atoms with Crippen LogP contribution in [0.25, 0.3) is 0 Å². The first kappa shape index (κ1) is 17.0. The van der Waals surface area contributed by atoms with Gasteiger partial charge in [-0.1, -0.05) is 0 Å². The molecule has 0 fully saturated rings. The number of nitro benzene ring substituents is 1. The molecule has 23 heavy (non-hydrogen) atoms. The molecule has 0 unspecified atom stereocenters. The molecule has 6 nitrogen and oxygen atoms in total. The largest absolute Gasteiger partial charge is 0.496 e. The number of methoxy groups -OCH3 is 1. The highest BCUT2D eigenvalue weighted by atomic mass is 79.9. The van der Waals surface area contributed by atoms with Crippen molar-refractivity contribution in [2.75, 3.05) is 12.4 Å². The van der Waals surface area contributed by atoms with Gasteiger partial charge < -0.3 is 10.1 Å². The molecule has 0 radical (unpaired) electrons. The van der Waals surface area contributed by atoms with E-state index < -0.39 is 4.92 Å². The maximum Gasteiger partial charge on any atom is 0.270 e. The molecule has 0 atom stereocenters. The molecule has 0 aliphatic heterocycles. The fourth-order valence-corrected chi connectivity index (χ4v) is 2.78. The van der Waals surface area contributed by atoms with Crippen LogP contribution in [0.15, 0.2) is 34.8 Å². The van der Waals surface area contributed by atoms with Gasteiger partial charge in [0.25, 0.3) is 11.6 Å². The summed E-state index contributed by atoms with van der Waals surface area (Å²) in [6.45, 7) is 3.44. The molecule has 0 heterocycles. The van der Waals surface area contributed by atoms with Crippen LogP contribution in [0.1, 0.15) is 21.5 Å². The number of non-ortho nitro benzene ring substituents is 1. The van der Waals surface area contributed by atoms with Gasteiger partial charge in [-0.3, -0.25) is 14.9 Å². The highest BCUT2D eigenvalue weighted by molar-refractivity contribution is 9.10. The van der Waals surface area contributed by atoms with Crippen molar-refractivity contribution >= 4 is 33.2 Å². The summed E-state index contributed by atoms with van der Waals surface area (Å²) in [5, 5.41) is 13.7. The Hall–Kier alpha value is -2.41. The van der Waals surface area contributed by atoms with Crippen LogP contribution in [0.4, 0.5) is 11.4 Å². The first-order chi connectivity index (χ1) is 10.8. The molecule has 0 aliphatic rings. The monoisotopic (exact) mass is 378 g/mol. The number of hydrogen-bond acceptors (Lipinski definition) is 4. The molecular weight excluding hydrogens is 364 g/mol. The molecule has 0 spiro atoms. The number of amides is 1. The third-order valence-electron chi connectivity index (χ3n) is 3.38. The fraction of sp³-hybridized carbons (Fsp3) is 0.188. The van der Waals surface area contributed by atoms with E-state index in [1.807, 2.05) is 0 Å². The second-order valence-corrected chi connectivity index (χ2v) is 5.87. The number of halogens is 1. The number of anilines is 1. The molecule has 0 saturated heterocycles. The van der Waals surface area contributed by atoms with Gasteiger partial charge >= 0.3 is 0 Å². The minimum atomic E-state index is -0.452. The molecule has 0 aliphatic carbocycles. The molecule has 2 rings (SSSR count). The van der Waals surface area contributed by atoms with Gasteiger partial charge in [-0.2, -0.15) is 0 Å². The third kappa shape index (κ3) is 3.68. The Labute approximate surface area is 141 Å². The van der Waals surface area contributed by atoms with Gasteiger partial charge in [-0.05, 0) is 59.1 Å². The molecule has 1 amide bonds. The second kappa shape index (κ2) is 6.78. The van der Waals surface area contributed by atoms with Crippen LogP contribution in [0.5, 0.6) is 5.75 Å². The van der Waals surface area contributed by atoms with Gasteiger partial charge in [0.15, 0.2) is 0 Å². The number of nitro groups is 1. The summed E-state index contributed by atoms with van der Waals surface area (Å²) in [6.07, 6.45) is 0. The lowest BCUT2D eigenvalue weighted by molar-refractivity contribution is -0.384. The van der Waals surface area contributed by atoms with Gasteiger partial charge in [-0.15, -0.1) is 0 Å². The molecule has 120 valence electrons. The predicted octanol–water partition coefficient (Wildman–Crippen LogP) is 4.24. The Morgan fingerprint density at radius 2 is 1.83 bits per heavy atom. The van der Waals surface area contributed by atoms with Crippen LogP contribution < -0.4 is 10.1 Å². The number of nitrogens with one attached hydrogen (secondary N) is 1. The smallest absolute Gasteiger partial charge is 0.270 e. The first-order valence-electron chi connectivity index (χ1n) is 6.74. The Morgan fingerprint density at radius 3 is 2.30 bits per heavy atom. The Bertz CT molecular complexity index is 767. The van der Waals surface area contributed by atoms with E-state index in [1.54, 1.807) is 39.2 Å². The van der Waals surface area contributed by atoms with Crippen LogP contribution in [0.2, 0.25) is 0 Å². The number of nitrogens with zero attached hydrogens (tertiary/aromatic N) is 1. The van der Waals surface area contributed by atoms with Crippen molar-refractivity contribution in [2.45, 2.75) is 13.8 Å². The number of rotatable bonds is 4. The van der Waals surface area contributed by atoms with Gasteiger partial charge in [0.1, 0.15) is 5.75 Å². The summed E-state index contributed by atoms with van der Waals surface area (Å²) >= 11 is 3.34. The zero-order valence-corrected chi connectivity index (χ0v) is 14.4. The summed E-state index contributed by atoms with van der Waals surface area (Å²) < 4.78 is 5.80. The topological polar surface area (TPSA) is 81.5 Å². The predicted molar refractivity (Wildman–Crippen MR) is 91.2 cm³/mol. The zero-order valence-electron chi connectivity index (χ0n) is 12.8. The molecule has 2 aromatic carbocycles. The minimum Gasteiger partial charge on any atom is -0.496 e. The van der Waals surface area contributed by atoms with Crippen LogP contribution in [-0.4, -0.2) is 17.9 Å². The van der Waals surface area contributed by atoms with Crippen LogP contribution in [0.3, 0.4) is 0 Å². The SMILES string of the molecule is COc1ccc(C(=O)Nc2c(C)cc([N+](=O)[O-])cc2C)cc1Br. The van der Waals surface area contributed by atoms with Crippen LogP contribution in [0, 0.1) is 24.0 Å². The average molecular weight is 379 g/mol. The van der Waals surface area contributed by atoms with E-state index in [2.05, 4.69) is 21.2 Å². The molecular formula is C16H15BrN2O4. The highest BCUT2D eigenvalue weighted by Gasteiger charge is 2.15. The van der Waals surface area contributed by atoms with Crippen LogP contribution >= 0.6 is 15.9 Å². The van der Waals surface area contributed by atoms with E-state index in [0.717, 1.165) is 0 Å². The molecule has 7 heteroatoms. The van der Waals surface area contributed by atoms with E-state index in [4.69, 9.17) is 4.74 Å². The number of carbonyl (C=O) groups is 1. The fourth-order valence-electron chi connectivity index (χ4n) is 2.24. The number of ether oxygens (including phenoxy) is 1. The lowest BCUT2D eigenvalue weighted by atomic mass is 10.1. The lowest BCUT2D eigenvalue weighted by Gasteiger charge is -2.12. The van der Waals surface area contributed by atoms with E-state index in [0.29, 0.717) is 32.6 Å². The normalized spacial score (nSPS) is 10.3. The van der Waals surface area contributed by atoms with Crippen molar-refractivity contribution < 1.29 is 14.5 Å². The molecule has 1 N–H and O–H groups in total. The maximum absolute atomic E-state index is 12.4. The lowest BCUT2D eigenvalue weighted by Crippen LogP contribution is -2.14. The quantitative estimate of drug-likeness (QED) is 0.637. The second-order valence-electron chi connectivity index (χ2n) is 5.02. The summed E-state index contributed by atoms with van der Waals surface area (Å²) in [6, 6.07) is 7.87. The number of benzene rings is 2. The standard InChI is InChI=1S/C16H15BrN2O4/c1-9-6-12(19(21)22)7-10(2)15(9)18-16(20)11-4-5-14(23-3)13(17)8-11/h4-8H,1-3H3,(H,18,20). The van der Waals surface area contributed by atoms with Crippen molar-refractivity contribution in [3.63, 3.8) is 0 Å². The number of hydrogen-bond donors (Lipinski definition) is 1. The summed E-state index contributed by atoms with van der Waals surface area (Å²) in [7, 11) is 1.55. The van der Waals surface area contributed by atoms with Gasteiger partial charge in [-0.25, -0.2) is 0 Å². The van der Waals surface area contributed by atoms with Crippen molar-refractivity contribution in [1.29, 1.82) is 0 Å². The Morgan fingerprint density at radius 1 is 1.22 bits per heavy atom. The van der Waals surface area contributed by atoms with Gasteiger partial charge in [0.2, 0.25) is 0 Å². The summed E-state index contributed by atoms with van der Waals surface area (Å²) in [5.74, 6) is 0.331. The minimum absolute atomic E-state index is 0.00481. The van der Waals surface area contributed by atoms with Crippen molar-refractivity contribution in [2.24, 2.45) is 0 Å². The summed E-state index contributed by atoms with van der Waals surface area (Å²) in [4.78, 5) is 22.8. The molecule has 0 saturated carbocycles. The van der Waals surface area contributed by atoms with E-state index in [-0.39, 0.29) is 11.6 Å². The average Bonchev–Trinajstić information content (AvgIpc) is 2.50. The van der Waals surface area contributed by atoms with Gasteiger partial charge in [0.05, 0.1) is 16.5 Å². The van der Waals surface area contributed by atoms with Crippen molar-refractivity contribution in [1.82, 2.24) is 0 Å². The Balaban J connectivity index is 2.30. The summed E-state index contributed by atoms with van der Waals surface area (Å²) in [5.41, 5.74) is 2.31. The van der Waals surface area contributed by atoms with Crippen molar-refractivity contribution in [3.8, 4) is 5.75 Å². The van der Waals surface area contributed by atoms with Crippen LogP contribution in [-0.2, 0) is 0 Å². The van der Waals surface area contributed by atoms with E-state index in [1.165, 1.54) is 12.1 Å². The zero-order chi connectivity index (χ0) is 17.1. The molecule has 0 bridgehead atoms. The third-order valence-corrected chi connectivity index (χ3v) is 4.00. The highest BCUT2D eigenvalue weighted by Crippen LogP contribution is 2.28. The van der Waals surface area contributed by atoms with E-state index in [9.17, 15) is 14.9 Å². The molecule has 0 aromatic heterocycles.